The first-order chi connectivity index (χ1) is 7.26. The van der Waals surface area contributed by atoms with E-state index in [4.69, 9.17) is 4.74 Å². The lowest BCUT2D eigenvalue weighted by Gasteiger charge is -2.13. The van der Waals surface area contributed by atoms with Gasteiger partial charge in [-0.3, -0.25) is 0 Å². The van der Waals surface area contributed by atoms with Crippen molar-refractivity contribution in [3.05, 3.63) is 17.7 Å². The molecule has 0 heterocycles. The maximum atomic E-state index is 5.25. The second-order valence-electron chi connectivity index (χ2n) is 2.94. The SMILES string of the molecule is COCc1c(SC)cc(SC)cc1SC. The molecule has 0 aliphatic heterocycles. The third-order valence-electron chi connectivity index (χ3n) is 2.11. The van der Waals surface area contributed by atoms with Crippen LogP contribution in [0.1, 0.15) is 5.56 Å². The van der Waals surface area contributed by atoms with Crippen LogP contribution < -0.4 is 0 Å². The fraction of sp³-hybridized carbons (Fsp3) is 0.455. The molecule has 15 heavy (non-hydrogen) atoms. The molecule has 0 fully saturated rings. The molecule has 0 amide bonds. The molecule has 4 heteroatoms. The van der Waals surface area contributed by atoms with Gasteiger partial charge in [0.2, 0.25) is 0 Å². The number of methoxy groups -OCH3 is 1. The van der Waals surface area contributed by atoms with Crippen molar-refractivity contribution in [1.82, 2.24) is 0 Å². The molecule has 0 aromatic heterocycles. The molecule has 0 bridgehead atoms. The van der Waals surface area contributed by atoms with E-state index < -0.39 is 0 Å². The highest BCUT2D eigenvalue weighted by Gasteiger charge is 2.09. The molecule has 1 rings (SSSR count). The summed E-state index contributed by atoms with van der Waals surface area (Å²) in [6.45, 7) is 0.695. The standard InChI is InChI=1S/C11H16OS3/c1-12-7-9-10(14-3)5-8(13-2)6-11(9)15-4/h5-6H,7H2,1-4H3. The van der Waals surface area contributed by atoms with Crippen molar-refractivity contribution >= 4 is 35.3 Å². The third kappa shape index (κ3) is 3.34. The van der Waals surface area contributed by atoms with Crippen molar-refractivity contribution in [2.45, 2.75) is 21.3 Å². The predicted octanol–water partition coefficient (Wildman–Crippen LogP) is 4.00. The number of hydrogen-bond acceptors (Lipinski definition) is 4. The van der Waals surface area contributed by atoms with Gasteiger partial charge in [-0.1, -0.05) is 0 Å². The number of thioether (sulfide) groups is 3. The van der Waals surface area contributed by atoms with E-state index in [1.54, 1.807) is 42.4 Å². The molecule has 1 aromatic rings. The first-order valence-electron chi connectivity index (χ1n) is 4.54. The Labute approximate surface area is 105 Å². The smallest absolute Gasteiger partial charge is 0.0734 e. The van der Waals surface area contributed by atoms with Crippen LogP contribution >= 0.6 is 35.3 Å². The molecule has 0 aliphatic rings. The van der Waals surface area contributed by atoms with E-state index in [1.807, 2.05) is 0 Å². The molecule has 0 radical (unpaired) electrons. The Morgan fingerprint density at radius 2 is 1.53 bits per heavy atom. The van der Waals surface area contributed by atoms with Gasteiger partial charge in [-0.05, 0) is 30.9 Å². The van der Waals surface area contributed by atoms with Crippen LogP contribution in [0.4, 0.5) is 0 Å². The van der Waals surface area contributed by atoms with Crippen LogP contribution in [0, 0.1) is 0 Å². The summed E-state index contributed by atoms with van der Waals surface area (Å²) in [6.07, 6.45) is 6.34. The predicted molar refractivity (Wildman–Crippen MR) is 72.5 cm³/mol. The topological polar surface area (TPSA) is 9.23 Å². The first-order valence-corrected chi connectivity index (χ1v) is 8.22. The van der Waals surface area contributed by atoms with Crippen LogP contribution in [0.15, 0.2) is 26.8 Å². The highest BCUT2D eigenvalue weighted by Crippen LogP contribution is 2.34. The molecule has 1 aromatic carbocycles. The van der Waals surface area contributed by atoms with Gasteiger partial charge >= 0.3 is 0 Å². The summed E-state index contributed by atoms with van der Waals surface area (Å²) in [5.74, 6) is 0. The van der Waals surface area contributed by atoms with Gasteiger partial charge in [0.05, 0.1) is 6.61 Å². The second-order valence-corrected chi connectivity index (χ2v) is 5.52. The fourth-order valence-electron chi connectivity index (χ4n) is 1.36. The van der Waals surface area contributed by atoms with Gasteiger partial charge < -0.3 is 4.74 Å². The van der Waals surface area contributed by atoms with Crippen LogP contribution in [0.5, 0.6) is 0 Å². The Morgan fingerprint density at radius 1 is 1.00 bits per heavy atom. The molecule has 1 nitrogen and oxygen atoms in total. The number of hydrogen-bond donors (Lipinski definition) is 0. The van der Waals surface area contributed by atoms with Gasteiger partial charge in [-0.15, -0.1) is 35.3 Å². The van der Waals surface area contributed by atoms with Crippen molar-refractivity contribution in [2.75, 3.05) is 25.9 Å². The summed E-state index contributed by atoms with van der Waals surface area (Å²) in [5, 5.41) is 0. The van der Waals surface area contributed by atoms with Crippen LogP contribution in [0.25, 0.3) is 0 Å². The molecule has 0 saturated carbocycles. The van der Waals surface area contributed by atoms with Crippen molar-refractivity contribution in [1.29, 1.82) is 0 Å². The largest absolute Gasteiger partial charge is 0.380 e. The molecule has 0 aliphatic carbocycles. The minimum atomic E-state index is 0.695. The van der Waals surface area contributed by atoms with Crippen LogP contribution in [0.2, 0.25) is 0 Å². The lowest BCUT2D eigenvalue weighted by Crippen LogP contribution is -1.94. The van der Waals surface area contributed by atoms with Crippen LogP contribution in [0.3, 0.4) is 0 Å². The first kappa shape index (κ1) is 13.3. The number of rotatable bonds is 5. The summed E-state index contributed by atoms with van der Waals surface area (Å²) < 4.78 is 5.25. The average Bonchev–Trinajstić information content (AvgIpc) is 2.29. The summed E-state index contributed by atoms with van der Waals surface area (Å²) in [5.41, 5.74) is 1.32. The lowest BCUT2D eigenvalue weighted by atomic mass is 10.2. The summed E-state index contributed by atoms with van der Waals surface area (Å²) in [4.78, 5) is 3.98. The minimum Gasteiger partial charge on any atom is -0.380 e. The molecule has 84 valence electrons. The van der Waals surface area contributed by atoms with Crippen LogP contribution in [-0.2, 0) is 11.3 Å². The maximum Gasteiger partial charge on any atom is 0.0734 e. The summed E-state index contributed by atoms with van der Waals surface area (Å²) in [7, 11) is 1.75. The highest BCUT2D eigenvalue weighted by molar-refractivity contribution is 8.00. The molecular formula is C11H16OS3. The van der Waals surface area contributed by atoms with Gasteiger partial charge in [0.1, 0.15) is 0 Å². The minimum absolute atomic E-state index is 0.695. The normalized spacial score (nSPS) is 10.7. The maximum absolute atomic E-state index is 5.25. The van der Waals surface area contributed by atoms with Crippen molar-refractivity contribution in [2.24, 2.45) is 0 Å². The van der Waals surface area contributed by atoms with E-state index >= 15 is 0 Å². The van der Waals surface area contributed by atoms with Crippen molar-refractivity contribution in [3.8, 4) is 0 Å². The molecular weight excluding hydrogens is 244 g/mol. The number of ether oxygens (including phenoxy) is 1. The highest BCUT2D eigenvalue weighted by atomic mass is 32.2. The van der Waals surface area contributed by atoms with Crippen molar-refractivity contribution in [3.63, 3.8) is 0 Å². The number of benzene rings is 1. The average molecular weight is 260 g/mol. The zero-order chi connectivity index (χ0) is 11.3. The molecule has 0 atom stereocenters. The van der Waals surface area contributed by atoms with E-state index in [-0.39, 0.29) is 0 Å². The van der Waals surface area contributed by atoms with Crippen LogP contribution in [-0.4, -0.2) is 25.9 Å². The summed E-state index contributed by atoms with van der Waals surface area (Å²) in [6, 6.07) is 4.48. The molecule has 0 saturated heterocycles. The third-order valence-corrected chi connectivity index (χ3v) is 4.42. The zero-order valence-corrected chi connectivity index (χ0v) is 11.9. The Hall–Kier alpha value is 0.230. The Kier molecular flexibility index (Phi) is 5.97. The zero-order valence-electron chi connectivity index (χ0n) is 9.49. The van der Waals surface area contributed by atoms with Gasteiger partial charge in [0.25, 0.3) is 0 Å². The van der Waals surface area contributed by atoms with E-state index in [0.29, 0.717) is 6.61 Å². The fourth-order valence-corrected chi connectivity index (χ4v) is 3.37. The summed E-state index contributed by atoms with van der Waals surface area (Å²) >= 11 is 5.36. The van der Waals surface area contributed by atoms with Gasteiger partial charge in [0.15, 0.2) is 0 Å². The van der Waals surface area contributed by atoms with Crippen molar-refractivity contribution < 1.29 is 4.74 Å². The monoisotopic (exact) mass is 260 g/mol. The van der Waals surface area contributed by atoms with Gasteiger partial charge in [-0.2, -0.15) is 0 Å². The lowest BCUT2D eigenvalue weighted by molar-refractivity contribution is 0.180. The van der Waals surface area contributed by atoms with E-state index in [1.165, 1.54) is 20.2 Å². The van der Waals surface area contributed by atoms with E-state index in [9.17, 15) is 0 Å². The van der Waals surface area contributed by atoms with E-state index in [0.717, 1.165) is 0 Å². The molecule has 0 unspecified atom stereocenters. The van der Waals surface area contributed by atoms with Gasteiger partial charge in [0, 0.05) is 27.4 Å². The quantitative estimate of drug-likeness (QED) is 0.740. The Bertz CT molecular complexity index is 301. The second kappa shape index (κ2) is 6.74. The molecule has 0 N–H and O–H groups in total. The molecule has 0 spiro atoms. The van der Waals surface area contributed by atoms with E-state index in [2.05, 4.69) is 30.9 Å². The Balaban J connectivity index is 3.19. The Morgan fingerprint density at radius 3 is 1.87 bits per heavy atom. The van der Waals surface area contributed by atoms with Gasteiger partial charge in [-0.25, -0.2) is 0 Å².